The van der Waals surface area contributed by atoms with Gasteiger partial charge in [-0.25, -0.2) is 0 Å². The van der Waals surface area contributed by atoms with Crippen LogP contribution >= 0.6 is 0 Å². The molecule has 1 unspecified atom stereocenters. The number of carbonyl (C=O) groups excluding carboxylic acids is 1. The van der Waals surface area contributed by atoms with E-state index in [0.717, 1.165) is 21.9 Å². The van der Waals surface area contributed by atoms with Gasteiger partial charge in [-0.1, -0.05) is 60.2 Å². The zero-order chi connectivity index (χ0) is 18.6. The Balaban J connectivity index is 1.87. The molecule has 5 heteroatoms. The van der Waals surface area contributed by atoms with Crippen LogP contribution in [0.5, 0.6) is 0 Å². The molecule has 3 aromatic rings. The summed E-state index contributed by atoms with van der Waals surface area (Å²) in [6, 6.07) is 20.2. The summed E-state index contributed by atoms with van der Waals surface area (Å²) in [6.07, 6.45) is 0.296. The van der Waals surface area contributed by atoms with E-state index in [1.807, 2.05) is 49.4 Å². The number of rotatable bonds is 7. The fourth-order valence-corrected chi connectivity index (χ4v) is 4.00. The monoisotopic (exact) mass is 368 g/mol. The van der Waals surface area contributed by atoms with Gasteiger partial charge in [-0.15, -0.1) is 0 Å². The van der Waals surface area contributed by atoms with Gasteiger partial charge in [-0.05, 0) is 35.4 Å². The van der Waals surface area contributed by atoms with Crippen LogP contribution in [0.15, 0.2) is 71.6 Å². The van der Waals surface area contributed by atoms with E-state index in [0.29, 0.717) is 12.7 Å². The van der Waals surface area contributed by atoms with Crippen LogP contribution in [0.3, 0.4) is 0 Å². The number of aryl methyl sites for hydroxylation is 1. The third kappa shape index (κ3) is 4.18. The Morgan fingerprint density at radius 1 is 0.962 bits per heavy atom. The molecule has 0 bridgehead atoms. The van der Waals surface area contributed by atoms with E-state index >= 15 is 0 Å². The molecule has 0 aliphatic heterocycles. The quantitative estimate of drug-likeness (QED) is 0.466. The van der Waals surface area contributed by atoms with E-state index < -0.39 is 16.2 Å². The topological polar surface area (TPSA) is 60.4 Å². The van der Waals surface area contributed by atoms with Crippen LogP contribution in [0.25, 0.3) is 10.8 Å². The molecule has 0 N–H and O–H groups in total. The summed E-state index contributed by atoms with van der Waals surface area (Å²) in [6.45, 7) is 1.88. The first-order valence-electron chi connectivity index (χ1n) is 8.40. The number of fused-ring (bicyclic) bond motifs is 1. The fraction of sp³-hybridized carbons (Fsp3) is 0.190. The minimum Gasteiger partial charge on any atom is -0.303 e. The Morgan fingerprint density at radius 2 is 1.65 bits per heavy atom. The maximum Gasteiger partial charge on any atom is 0.297 e. The molecule has 0 saturated carbocycles. The standard InChI is InChI=1S/C21H20O4S/c1-16-9-11-20(12-10-16)26(23,24)25-19(13-14-22)15-18-7-4-6-17-5-2-3-8-21(17)18/h2-12,14,19H,13,15H2,1H3. The SMILES string of the molecule is Cc1ccc(S(=O)(=O)OC(CC=O)Cc2cccc3ccccc23)cc1. The number of aldehydes is 1. The first-order valence-corrected chi connectivity index (χ1v) is 9.80. The maximum atomic E-state index is 12.5. The first kappa shape index (κ1) is 18.3. The summed E-state index contributed by atoms with van der Waals surface area (Å²) >= 11 is 0. The Morgan fingerprint density at radius 3 is 2.38 bits per heavy atom. The van der Waals surface area contributed by atoms with Crippen molar-refractivity contribution in [2.24, 2.45) is 0 Å². The molecule has 26 heavy (non-hydrogen) atoms. The lowest BCUT2D eigenvalue weighted by molar-refractivity contribution is -0.109. The largest absolute Gasteiger partial charge is 0.303 e. The van der Waals surface area contributed by atoms with E-state index in [-0.39, 0.29) is 11.3 Å². The number of hydrogen-bond donors (Lipinski definition) is 0. The number of hydrogen-bond acceptors (Lipinski definition) is 4. The lowest BCUT2D eigenvalue weighted by Gasteiger charge is -2.17. The van der Waals surface area contributed by atoms with Gasteiger partial charge in [-0.3, -0.25) is 4.18 Å². The van der Waals surface area contributed by atoms with Gasteiger partial charge in [0.05, 0.1) is 11.0 Å². The van der Waals surface area contributed by atoms with Crippen molar-refractivity contribution in [1.29, 1.82) is 0 Å². The molecule has 134 valence electrons. The highest BCUT2D eigenvalue weighted by molar-refractivity contribution is 7.86. The molecule has 0 radical (unpaired) electrons. The number of carbonyl (C=O) groups is 1. The molecule has 0 aliphatic rings. The molecule has 4 nitrogen and oxygen atoms in total. The molecule has 0 heterocycles. The van der Waals surface area contributed by atoms with Crippen molar-refractivity contribution < 1.29 is 17.4 Å². The molecule has 3 aromatic carbocycles. The van der Waals surface area contributed by atoms with Crippen molar-refractivity contribution in [2.45, 2.75) is 30.8 Å². The van der Waals surface area contributed by atoms with Gasteiger partial charge in [0, 0.05) is 12.8 Å². The molecule has 3 rings (SSSR count). The molecule has 0 spiro atoms. The van der Waals surface area contributed by atoms with E-state index in [4.69, 9.17) is 4.18 Å². The minimum absolute atomic E-state index is 0.00825. The average Bonchev–Trinajstić information content (AvgIpc) is 2.62. The average molecular weight is 368 g/mol. The van der Waals surface area contributed by atoms with Crippen molar-refractivity contribution in [3.8, 4) is 0 Å². The van der Waals surface area contributed by atoms with Gasteiger partial charge < -0.3 is 4.79 Å². The second kappa shape index (κ2) is 7.81. The smallest absolute Gasteiger partial charge is 0.297 e. The Labute approximate surface area is 153 Å². The fourth-order valence-electron chi connectivity index (χ4n) is 2.92. The zero-order valence-electron chi connectivity index (χ0n) is 14.5. The molecule has 0 fully saturated rings. The van der Waals surface area contributed by atoms with E-state index in [2.05, 4.69) is 0 Å². The molecular formula is C21H20O4S. The summed E-state index contributed by atoms with van der Waals surface area (Å²) < 4.78 is 30.5. The predicted molar refractivity (Wildman–Crippen MR) is 102 cm³/mol. The third-order valence-electron chi connectivity index (χ3n) is 4.26. The summed E-state index contributed by atoms with van der Waals surface area (Å²) in [5, 5.41) is 2.10. The van der Waals surface area contributed by atoms with Crippen LogP contribution in [0.1, 0.15) is 17.5 Å². The van der Waals surface area contributed by atoms with Crippen LogP contribution in [0.2, 0.25) is 0 Å². The van der Waals surface area contributed by atoms with Gasteiger partial charge >= 0.3 is 0 Å². The first-order chi connectivity index (χ1) is 12.5. The maximum absolute atomic E-state index is 12.5. The predicted octanol–water partition coefficient (Wildman–Crippen LogP) is 4.05. The van der Waals surface area contributed by atoms with Crippen LogP contribution in [0, 0.1) is 6.92 Å². The highest BCUT2D eigenvalue weighted by Crippen LogP contribution is 2.23. The lowest BCUT2D eigenvalue weighted by Crippen LogP contribution is -2.22. The molecule has 0 amide bonds. The Bertz CT molecular complexity index is 1000. The van der Waals surface area contributed by atoms with Crippen molar-refractivity contribution in [3.05, 3.63) is 77.9 Å². The van der Waals surface area contributed by atoms with Gasteiger partial charge in [0.25, 0.3) is 10.1 Å². The third-order valence-corrected chi connectivity index (χ3v) is 5.63. The van der Waals surface area contributed by atoms with Gasteiger partial charge in [0.1, 0.15) is 6.29 Å². The molecular weight excluding hydrogens is 348 g/mol. The second-order valence-corrected chi connectivity index (χ2v) is 7.80. The summed E-state index contributed by atoms with van der Waals surface area (Å²) in [5.41, 5.74) is 1.92. The highest BCUT2D eigenvalue weighted by Gasteiger charge is 2.22. The molecule has 0 aromatic heterocycles. The van der Waals surface area contributed by atoms with Gasteiger partial charge in [0.2, 0.25) is 0 Å². The molecule has 0 saturated heterocycles. The zero-order valence-corrected chi connectivity index (χ0v) is 15.3. The van der Waals surface area contributed by atoms with Crippen LogP contribution in [-0.2, 0) is 25.5 Å². The van der Waals surface area contributed by atoms with Gasteiger partial charge in [0.15, 0.2) is 0 Å². The van der Waals surface area contributed by atoms with E-state index in [9.17, 15) is 13.2 Å². The molecule has 0 aliphatic carbocycles. The highest BCUT2D eigenvalue weighted by atomic mass is 32.2. The number of benzene rings is 3. The van der Waals surface area contributed by atoms with Crippen LogP contribution in [0.4, 0.5) is 0 Å². The lowest BCUT2D eigenvalue weighted by atomic mass is 9.99. The normalized spacial score (nSPS) is 12.8. The van der Waals surface area contributed by atoms with E-state index in [1.54, 1.807) is 12.1 Å². The van der Waals surface area contributed by atoms with Crippen molar-refractivity contribution in [1.82, 2.24) is 0 Å². The minimum atomic E-state index is -3.93. The summed E-state index contributed by atoms with van der Waals surface area (Å²) in [5.74, 6) is 0. The summed E-state index contributed by atoms with van der Waals surface area (Å²) in [7, 11) is -3.93. The van der Waals surface area contributed by atoms with Crippen LogP contribution < -0.4 is 0 Å². The van der Waals surface area contributed by atoms with Crippen molar-refractivity contribution in [3.63, 3.8) is 0 Å². The van der Waals surface area contributed by atoms with Crippen molar-refractivity contribution in [2.75, 3.05) is 0 Å². The van der Waals surface area contributed by atoms with Crippen LogP contribution in [-0.4, -0.2) is 20.8 Å². The van der Waals surface area contributed by atoms with E-state index in [1.165, 1.54) is 12.1 Å². The Kier molecular flexibility index (Phi) is 5.49. The molecule has 1 atom stereocenters. The summed E-state index contributed by atoms with van der Waals surface area (Å²) in [4.78, 5) is 11.2. The van der Waals surface area contributed by atoms with Crippen molar-refractivity contribution >= 4 is 27.2 Å². The van der Waals surface area contributed by atoms with Gasteiger partial charge in [-0.2, -0.15) is 8.42 Å². The Hall–Kier alpha value is -2.50. The second-order valence-electron chi connectivity index (χ2n) is 6.23.